The zero-order chi connectivity index (χ0) is 97.8. The first-order valence-electron chi connectivity index (χ1n) is 49.0. The standard InChI is InChI=1S/2C30H18N2O.3C24H14N2O/c33-30-24-16-8-14-21-13-7-15-23(27(21)24)29-31-28-25(20-11-5-2-6-12-20)17-22(18-26(28)32(29)30)19-9-3-1-4-10-19;33-30-24-16-8-14-21-13-7-15-23(27(21)24)29-31-26-18-22(19-9-3-1-4-10-19)17-25(28(26)32(29)30)20-11-5-2-6-12-20;27-24-19-11-5-9-16-8-4-10-18(22(16)19)23-25-20-14-17(12-13-21(20)26(23)24)15-6-2-1-3-7-15;27-24-19-11-5-9-16-8-4-10-18(22(16)19)23-25-20-13-12-17(14-21(20)26(23)24)15-6-2-1-3-7-15;27-24-19-10-6-9-17-16(15-7-2-1-3-8-15)13-14-18(22(17)19)23-25-20-11-4-5-12-21(20)26(23)24/h2*1-18H;3*1-14H. The van der Waals surface area contributed by atoms with Crippen LogP contribution in [-0.2, 0) is 0 Å². The number of pyridine rings is 5. The Morgan fingerprint density at radius 1 is 0.150 bits per heavy atom. The normalized spacial score (nSPS) is 11.8. The molecule has 0 fully saturated rings. The van der Waals surface area contributed by atoms with Crippen LogP contribution in [0.2, 0.25) is 0 Å². The van der Waals surface area contributed by atoms with E-state index in [1.807, 2.05) is 290 Å². The maximum atomic E-state index is 13.8. The molecule has 0 aliphatic rings. The van der Waals surface area contributed by atoms with Crippen molar-refractivity contribution in [2.45, 2.75) is 0 Å². The summed E-state index contributed by atoms with van der Waals surface area (Å²) in [5.74, 6) is 0. The van der Waals surface area contributed by atoms with Crippen molar-refractivity contribution in [1.29, 1.82) is 0 Å². The predicted molar refractivity (Wildman–Crippen MR) is 604 cm³/mol. The maximum Gasteiger partial charge on any atom is 0.264 e. The van der Waals surface area contributed by atoms with Crippen molar-refractivity contribution in [2.24, 2.45) is 0 Å². The van der Waals surface area contributed by atoms with E-state index in [4.69, 9.17) is 24.9 Å². The van der Waals surface area contributed by atoms with E-state index in [9.17, 15) is 24.0 Å². The fourth-order valence-electron chi connectivity index (χ4n) is 22.4. The molecule has 15 nitrogen and oxygen atoms in total. The Hall–Kier alpha value is -20.2. The fourth-order valence-corrected chi connectivity index (χ4v) is 22.4. The number of nitrogens with zero attached hydrogens (tertiary/aromatic N) is 10. The molecule has 147 heavy (non-hydrogen) atoms. The highest BCUT2D eigenvalue weighted by atomic mass is 16.1. The van der Waals surface area contributed by atoms with Gasteiger partial charge >= 0.3 is 0 Å². The van der Waals surface area contributed by atoms with Gasteiger partial charge in [-0.25, -0.2) is 24.9 Å². The second-order valence-corrected chi connectivity index (χ2v) is 37.3. The minimum absolute atomic E-state index is 0.00994. The zero-order valence-electron chi connectivity index (χ0n) is 78.5. The number of aromatic nitrogens is 10. The van der Waals surface area contributed by atoms with E-state index < -0.39 is 0 Å². The maximum absolute atomic E-state index is 13.8. The van der Waals surface area contributed by atoms with Crippen molar-refractivity contribution in [3.8, 4) is 77.9 Å². The lowest BCUT2D eigenvalue weighted by molar-refractivity contribution is 1.19. The van der Waals surface area contributed by atoms with Crippen molar-refractivity contribution in [1.82, 2.24) is 46.9 Å². The molecule has 10 heterocycles. The van der Waals surface area contributed by atoms with Gasteiger partial charge in [-0.1, -0.05) is 376 Å². The van der Waals surface area contributed by atoms with Gasteiger partial charge in [-0.2, -0.15) is 0 Å². The number of fused-ring (bicyclic) bond motifs is 20. The Morgan fingerprint density at radius 3 is 0.912 bits per heavy atom. The van der Waals surface area contributed by atoms with Crippen LogP contribution in [0.1, 0.15) is 0 Å². The first kappa shape index (κ1) is 84.9. The number of hydrogen-bond donors (Lipinski definition) is 0. The molecule has 32 aromatic rings. The van der Waals surface area contributed by atoms with E-state index in [1.54, 1.807) is 17.6 Å². The van der Waals surface area contributed by atoms with Crippen molar-refractivity contribution in [3.05, 3.63) is 525 Å². The summed E-state index contributed by atoms with van der Waals surface area (Å²) in [7, 11) is 0. The lowest BCUT2D eigenvalue weighted by Gasteiger charge is -2.11. The van der Waals surface area contributed by atoms with E-state index in [-0.39, 0.29) is 27.8 Å². The molecule has 0 unspecified atom stereocenters. The third kappa shape index (κ3) is 13.7. The van der Waals surface area contributed by atoms with Crippen LogP contribution in [0.15, 0.2) is 497 Å². The van der Waals surface area contributed by atoms with Crippen molar-refractivity contribution >= 4 is 191 Å². The van der Waals surface area contributed by atoms with E-state index >= 15 is 0 Å². The highest BCUT2D eigenvalue weighted by molar-refractivity contribution is 6.22. The monoisotopic (exact) mass is 1880 g/mol. The van der Waals surface area contributed by atoms with E-state index in [0.29, 0.717) is 11.3 Å². The van der Waals surface area contributed by atoms with Gasteiger partial charge in [0, 0.05) is 91.9 Å². The molecular formula is C132H78N10O5. The Kier molecular flexibility index (Phi) is 19.7. The van der Waals surface area contributed by atoms with Gasteiger partial charge in [0.2, 0.25) is 0 Å². The summed E-state index contributed by atoms with van der Waals surface area (Å²) in [6, 6.07) is 159. The average molecular weight is 1880 g/mol. The summed E-state index contributed by atoms with van der Waals surface area (Å²) >= 11 is 0. The largest absolute Gasteiger partial charge is 0.268 e. The number of benzene rings is 22. The molecule has 22 aromatic carbocycles. The summed E-state index contributed by atoms with van der Waals surface area (Å²) in [5, 5.41) is 19.0. The summed E-state index contributed by atoms with van der Waals surface area (Å²) in [6.45, 7) is 0. The molecule has 686 valence electrons. The molecule has 0 saturated carbocycles. The minimum Gasteiger partial charge on any atom is -0.268 e. The van der Waals surface area contributed by atoms with Gasteiger partial charge in [0.25, 0.3) is 27.8 Å². The molecule has 15 heteroatoms. The van der Waals surface area contributed by atoms with Crippen molar-refractivity contribution in [3.63, 3.8) is 0 Å². The first-order valence-corrected chi connectivity index (χ1v) is 49.0. The number of para-hydroxylation sites is 2. The number of imidazole rings is 5. The average Bonchev–Trinajstić information content (AvgIpc) is 1.55. The van der Waals surface area contributed by atoms with Crippen LogP contribution in [0.5, 0.6) is 0 Å². The third-order valence-electron chi connectivity index (χ3n) is 29.1. The molecule has 0 radical (unpaired) electrons. The Labute approximate surface area is 835 Å². The zero-order valence-corrected chi connectivity index (χ0v) is 78.5. The smallest absolute Gasteiger partial charge is 0.264 e. The molecule has 0 N–H and O–H groups in total. The molecule has 0 aliphatic heterocycles. The summed E-state index contributed by atoms with van der Waals surface area (Å²) in [5.41, 5.74) is 27.2. The predicted octanol–water partition coefficient (Wildman–Crippen LogP) is 29.6. The molecule has 32 rings (SSSR count). The lowest BCUT2D eigenvalue weighted by atomic mass is 9.94. The second-order valence-electron chi connectivity index (χ2n) is 37.3. The van der Waals surface area contributed by atoms with Crippen LogP contribution >= 0.6 is 0 Å². The third-order valence-corrected chi connectivity index (χ3v) is 29.1. The van der Waals surface area contributed by atoms with E-state index in [1.165, 1.54) is 0 Å². The fraction of sp³-hybridized carbons (Fsp3) is 0. The molecule has 0 bridgehead atoms. The minimum atomic E-state index is -0.0268. The van der Waals surface area contributed by atoms with Crippen LogP contribution in [0, 0.1) is 0 Å². The van der Waals surface area contributed by atoms with Gasteiger partial charge in [-0.15, -0.1) is 0 Å². The highest BCUT2D eigenvalue weighted by Crippen LogP contribution is 2.44. The van der Waals surface area contributed by atoms with Gasteiger partial charge < -0.3 is 0 Å². The molecule has 10 aromatic heterocycles. The van der Waals surface area contributed by atoms with Crippen LogP contribution in [0.4, 0.5) is 0 Å². The Bertz CT molecular complexity index is 11200. The molecule has 0 saturated heterocycles. The first-order chi connectivity index (χ1) is 72.5. The van der Waals surface area contributed by atoms with Crippen LogP contribution in [0.3, 0.4) is 0 Å². The molecule has 0 spiro atoms. The number of rotatable bonds is 7. The summed E-state index contributed by atoms with van der Waals surface area (Å²) < 4.78 is 8.86. The molecule has 0 amide bonds. The second kappa shape index (κ2) is 34.1. The molecule has 0 aliphatic carbocycles. The lowest BCUT2D eigenvalue weighted by Crippen LogP contribution is -2.13. The van der Waals surface area contributed by atoms with Crippen LogP contribution in [0.25, 0.3) is 269 Å². The topological polar surface area (TPSA) is 172 Å². The van der Waals surface area contributed by atoms with Gasteiger partial charge in [0.1, 0.15) is 28.2 Å². The van der Waals surface area contributed by atoms with Crippen LogP contribution < -0.4 is 27.8 Å². The number of hydrogen-bond acceptors (Lipinski definition) is 10. The van der Waals surface area contributed by atoms with Crippen molar-refractivity contribution < 1.29 is 0 Å². The molecular weight excluding hydrogens is 1810 g/mol. The quantitative estimate of drug-likeness (QED) is 0.149. The van der Waals surface area contributed by atoms with Gasteiger partial charge in [-0.3, -0.25) is 46.0 Å². The van der Waals surface area contributed by atoms with E-state index in [2.05, 4.69) is 188 Å². The van der Waals surface area contributed by atoms with E-state index in [0.717, 1.165) is 258 Å². The van der Waals surface area contributed by atoms with Gasteiger partial charge in [-0.05, 0) is 191 Å². The molecule has 0 atom stereocenters. The Morgan fingerprint density at radius 2 is 0.442 bits per heavy atom. The van der Waals surface area contributed by atoms with Gasteiger partial charge in [0.05, 0.1) is 55.2 Å². The van der Waals surface area contributed by atoms with Gasteiger partial charge in [0.15, 0.2) is 0 Å². The Balaban J connectivity index is 0.0000000891. The highest BCUT2D eigenvalue weighted by Gasteiger charge is 2.27. The van der Waals surface area contributed by atoms with Crippen molar-refractivity contribution in [2.75, 3.05) is 0 Å². The van der Waals surface area contributed by atoms with Crippen LogP contribution in [-0.4, -0.2) is 46.9 Å². The summed E-state index contributed by atoms with van der Waals surface area (Å²) in [6.07, 6.45) is 0. The SMILES string of the molecule is O=c1c2cccc3c(-c4ccccc4)ccc(c32)c2nc3ccccc3n12.O=c1c2cccc3cccc(c32)c2nc3c(-c4ccccc4)cc(-c4ccccc4)cc3n12.O=c1c2cccc3cccc(c32)c2nc3cc(-c4ccccc4)cc(-c4ccccc4)c3n12.O=c1c2cccc3cccc(c32)c2nc3cc(-c4ccccc4)ccc3n12.O=c1c2cccc3cccc(c32)c2nc3ccc(-c4ccccc4)cc3n12. The summed E-state index contributed by atoms with van der Waals surface area (Å²) in [4.78, 5) is 92.1.